The summed E-state index contributed by atoms with van der Waals surface area (Å²) in [4.78, 5) is 15.5. The highest BCUT2D eigenvalue weighted by molar-refractivity contribution is 6.32. The normalized spacial score (nSPS) is 18.3. The van der Waals surface area contributed by atoms with Gasteiger partial charge in [-0.3, -0.25) is 4.79 Å². The molecule has 1 aliphatic carbocycles. The van der Waals surface area contributed by atoms with Gasteiger partial charge in [0.2, 0.25) is 5.82 Å². The molecule has 0 bridgehead atoms. The second kappa shape index (κ2) is 7.28. The minimum absolute atomic E-state index is 0.0320. The number of ether oxygens (including phenoxy) is 1. The number of carbonyl (C=O) groups is 1. The van der Waals surface area contributed by atoms with Crippen molar-refractivity contribution in [1.29, 1.82) is 0 Å². The van der Waals surface area contributed by atoms with E-state index in [0.29, 0.717) is 28.9 Å². The molecule has 1 fully saturated rings. The highest BCUT2D eigenvalue weighted by atomic mass is 35.5. The SMILES string of the molecule is CC(C)Oc1ccc(-c2noc(-c3ccc(C4CC4C(=O)O)cc3)n2)cc1Cl. The van der Waals surface area contributed by atoms with Crippen molar-refractivity contribution in [3.63, 3.8) is 0 Å². The van der Waals surface area contributed by atoms with Gasteiger partial charge in [-0.2, -0.15) is 4.98 Å². The number of carboxylic acids is 1. The molecule has 0 radical (unpaired) electrons. The number of hydrogen-bond donors (Lipinski definition) is 1. The van der Waals surface area contributed by atoms with Crippen molar-refractivity contribution < 1.29 is 19.2 Å². The van der Waals surface area contributed by atoms with E-state index in [9.17, 15) is 4.79 Å². The van der Waals surface area contributed by atoms with Crippen LogP contribution in [-0.2, 0) is 4.79 Å². The molecule has 1 saturated carbocycles. The van der Waals surface area contributed by atoms with Crippen LogP contribution in [0.2, 0.25) is 5.02 Å². The maximum Gasteiger partial charge on any atom is 0.307 e. The Hall–Kier alpha value is -2.86. The smallest absolute Gasteiger partial charge is 0.307 e. The zero-order valence-corrected chi connectivity index (χ0v) is 16.2. The second-order valence-corrected chi connectivity index (χ2v) is 7.55. The summed E-state index contributed by atoms with van der Waals surface area (Å²) in [5.74, 6) is 0.529. The molecule has 0 saturated heterocycles. The van der Waals surface area contributed by atoms with Crippen LogP contribution in [0.3, 0.4) is 0 Å². The van der Waals surface area contributed by atoms with Crippen LogP contribution in [-0.4, -0.2) is 27.3 Å². The Kier molecular flexibility index (Phi) is 4.81. The topological polar surface area (TPSA) is 85.5 Å². The quantitative estimate of drug-likeness (QED) is 0.626. The van der Waals surface area contributed by atoms with Crippen LogP contribution < -0.4 is 4.74 Å². The maximum absolute atomic E-state index is 11.0. The molecule has 144 valence electrons. The fourth-order valence-corrected chi connectivity index (χ4v) is 3.38. The molecule has 0 spiro atoms. The summed E-state index contributed by atoms with van der Waals surface area (Å²) in [5, 5.41) is 13.6. The van der Waals surface area contributed by atoms with Crippen molar-refractivity contribution in [2.75, 3.05) is 0 Å². The first-order chi connectivity index (χ1) is 13.4. The molecule has 2 aromatic carbocycles. The Balaban J connectivity index is 1.52. The molecule has 0 amide bonds. The number of aromatic nitrogens is 2. The van der Waals surface area contributed by atoms with E-state index in [-0.39, 0.29) is 17.9 Å². The fraction of sp³-hybridized carbons (Fsp3) is 0.286. The minimum Gasteiger partial charge on any atom is -0.489 e. The average molecular weight is 399 g/mol. The van der Waals surface area contributed by atoms with Gasteiger partial charge < -0.3 is 14.4 Å². The molecule has 0 aliphatic heterocycles. The molecule has 28 heavy (non-hydrogen) atoms. The molecular formula is C21H19ClN2O4. The van der Waals surface area contributed by atoms with Crippen LogP contribution in [0.4, 0.5) is 0 Å². The molecule has 2 unspecified atom stereocenters. The van der Waals surface area contributed by atoms with Gasteiger partial charge in [0.1, 0.15) is 5.75 Å². The first-order valence-electron chi connectivity index (χ1n) is 9.06. The fourth-order valence-electron chi connectivity index (χ4n) is 3.16. The van der Waals surface area contributed by atoms with Crippen LogP contribution in [0.1, 0.15) is 31.7 Å². The van der Waals surface area contributed by atoms with E-state index in [1.54, 1.807) is 12.1 Å². The van der Waals surface area contributed by atoms with Crippen molar-refractivity contribution >= 4 is 17.6 Å². The van der Waals surface area contributed by atoms with E-state index in [4.69, 9.17) is 26.0 Å². The van der Waals surface area contributed by atoms with Crippen molar-refractivity contribution in [2.24, 2.45) is 5.92 Å². The molecule has 4 rings (SSSR count). The van der Waals surface area contributed by atoms with Gasteiger partial charge in [-0.1, -0.05) is 28.9 Å². The van der Waals surface area contributed by atoms with Crippen LogP contribution in [0, 0.1) is 5.92 Å². The summed E-state index contributed by atoms with van der Waals surface area (Å²) in [6.45, 7) is 3.87. The standard InChI is InChI=1S/C21H19ClN2O4/c1-11(2)27-18-8-7-14(9-17(18)22)19-23-20(28-24-19)13-5-3-12(4-6-13)15-10-16(15)21(25)26/h3-9,11,15-16H,10H2,1-2H3,(H,25,26). The number of hydrogen-bond acceptors (Lipinski definition) is 5. The number of carboxylic acid groups (broad SMARTS) is 1. The lowest BCUT2D eigenvalue weighted by molar-refractivity contribution is -0.138. The summed E-state index contributed by atoms with van der Waals surface area (Å²) < 4.78 is 11.0. The Morgan fingerprint density at radius 1 is 1.21 bits per heavy atom. The van der Waals surface area contributed by atoms with Crippen molar-refractivity contribution in [2.45, 2.75) is 32.3 Å². The van der Waals surface area contributed by atoms with Gasteiger partial charge in [-0.15, -0.1) is 0 Å². The van der Waals surface area contributed by atoms with E-state index in [1.807, 2.05) is 44.2 Å². The Morgan fingerprint density at radius 2 is 1.93 bits per heavy atom. The number of benzene rings is 2. The van der Waals surface area contributed by atoms with Gasteiger partial charge >= 0.3 is 5.97 Å². The van der Waals surface area contributed by atoms with Crippen molar-refractivity contribution in [1.82, 2.24) is 10.1 Å². The zero-order valence-electron chi connectivity index (χ0n) is 15.4. The van der Waals surface area contributed by atoms with Gasteiger partial charge in [-0.05, 0) is 62.1 Å². The van der Waals surface area contributed by atoms with Gasteiger partial charge in [0, 0.05) is 11.1 Å². The second-order valence-electron chi connectivity index (χ2n) is 7.14. The average Bonchev–Trinajstić information content (AvgIpc) is 3.32. The number of nitrogens with zero attached hydrogens (tertiary/aromatic N) is 2. The predicted octanol–water partition coefficient (Wildman–Crippen LogP) is 5.03. The van der Waals surface area contributed by atoms with Crippen LogP contribution in [0.5, 0.6) is 5.75 Å². The van der Waals surface area contributed by atoms with Crippen LogP contribution in [0.25, 0.3) is 22.8 Å². The molecule has 1 heterocycles. The van der Waals surface area contributed by atoms with Crippen LogP contribution >= 0.6 is 11.6 Å². The lowest BCUT2D eigenvalue weighted by Gasteiger charge is -2.11. The summed E-state index contributed by atoms with van der Waals surface area (Å²) in [6.07, 6.45) is 0.723. The predicted molar refractivity (Wildman–Crippen MR) is 104 cm³/mol. The van der Waals surface area contributed by atoms with Crippen molar-refractivity contribution in [3.8, 4) is 28.6 Å². The third kappa shape index (κ3) is 3.73. The largest absolute Gasteiger partial charge is 0.489 e. The molecule has 1 N–H and O–H groups in total. The van der Waals surface area contributed by atoms with Gasteiger partial charge in [-0.25, -0.2) is 0 Å². The maximum atomic E-state index is 11.0. The first kappa shape index (κ1) is 18.5. The summed E-state index contributed by atoms with van der Waals surface area (Å²) in [7, 11) is 0. The molecule has 7 heteroatoms. The van der Waals surface area contributed by atoms with Gasteiger partial charge in [0.05, 0.1) is 17.0 Å². The Bertz CT molecular complexity index is 1010. The summed E-state index contributed by atoms with van der Waals surface area (Å²) >= 11 is 6.28. The first-order valence-corrected chi connectivity index (χ1v) is 9.43. The molecule has 3 aromatic rings. The van der Waals surface area contributed by atoms with E-state index in [1.165, 1.54) is 0 Å². The van der Waals surface area contributed by atoms with E-state index < -0.39 is 5.97 Å². The molecular weight excluding hydrogens is 380 g/mol. The summed E-state index contributed by atoms with van der Waals surface area (Å²) in [6, 6.07) is 12.9. The summed E-state index contributed by atoms with van der Waals surface area (Å²) in [5.41, 5.74) is 2.53. The Labute approximate surface area is 167 Å². The zero-order chi connectivity index (χ0) is 19.8. The third-order valence-corrected chi connectivity index (χ3v) is 4.97. The highest BCUT2D eigenvalue weighted by Crippen LogP contribution is 2.47. The molecule has 1 aliphatic rings. The van der Waals surface area contributed by atoms with Crippen LogP contribution in [0.15, 0.2) is 47.0 Å². The Morgan fingerprint density at radius 3 is 2.54 bits per heavy atom. The molecule has 1 aromatic heterocycles. The van der Waals surface area contributed by atoms with Gasteiger partial charge in [0.25, 0.3) is 5.89 Å². The molecule has 6 nitrogen and oxygen atoms in total. The van der Waals surface area contributed by atoms with Crippen molar-refractivity contribution in [3.05, 3.63) is 53.1 Å². The lowest BCUT2D eigenvalue weighted by atomic mass is 10.1. The van der Waals surface area contributed by atoms with E-state index >= 15 is 0 Å². The minimum atomic E-state index is -0.737. The third-order valence-electron chi connectivity index (χ3n) is 4.67. The number of aliphatic carboxylic acids is 1. The van der Waals surface area contributed by atoms with E-state index in [2.05, 4.69) is 10.1 Å². The van der Waals surface area contributed by atoms with E-state index in [0.717, 1.165) is 16.7 Å². The van der Waals surface area contributed by atoms with Gasteiger partial charge in [0.15, 0.2) is 0 Å². The highest BCUT2D eigenvalue weighted by Gasteiger charge is 2.44. The monoisotopic (exact) mass is 398 g/mol. The molecule has 2 atom stereocenters. The number of rotatable bonds is 6. The lowest BCUT2D eigenvalue weighted by Crippen LogP contribution is -2.05. The number of halogens is 1.